The molecule has 0 spiro atoms. The van der Waals surface area contributed by atoms with Gasteiger partial charge in [0.15, 0.2) is 0 Å². The summed E-state index contributed by atoms with van der Waals surface area (Å²) in [6, 6.07) is 0.212. The summed E-state index contributed by atoms with van der Waals surface area (Å²) in [4.78, 5) is 16.6. The Morgan fingerprint density at radius 3 is 2.61 bits per heavy atom. The van der Waals surface area contributed by atoms with Crippen LogP contribution in [0.5, 0.6) is 0 Å². The number of likely N-dealkylation sites (tertiary alicyclic amines) is 1. The summed E-state index contributed by atoms with van der Waals surface area (Å²) in [5, 5.41) is 9.82. The molecule has 4 heteroatoms. The van der Waals surface area contributed by atoms with Gasteiger partial charge in [-0.05, 0) is 45.2 Å². The van der Waals surface area contributed by atoms with E-state index in [4.69, 9.17) is 0 Å². The predicted molar refractivity (Wildman–Crippen MR) is 69.0 cm³/mol. The van der Waals surface area contributed by atoms with Crippen LogP contribution in [0.25, 0.3) is 0 Å². The summed E-state index contributed by atoms with van der Waals surface area (Å²) >= 11 is 0. The Hall–Kier alpha value is -0.610. The third-order valence-corrected chi connectivity index (χ3v) is 4.94. The molecule has 2 aliphatic carbocycles. The molecule has 0 bridgehead atoms. The van der Waals surface area contributed by atoms with Gasteiger partial charge in [-0.25, -0.2) is 0 Å². The Kier molecular flexibility index (Phi) is 3.10. The average molecular weight is 252 g/mol. The highest BCUT2D eigenvalue weighted by molar-refractivity contribution is 5.83. The lowest BCUT2D eigenvalue weighted by atomic mass is 10.1. The highest BCUT2D eigenvalue weighted by atomic mass is 16.3. The van der Waals surface area contributed by atoms with Crippen molar-refractivity contribution in [2.24, 2.45) is 17.8 Å². The lowest BCUT2D eigenvalue weighted by Crippen LogP contribution is -2.42. The van der Waals surface area contributed by atoms with Crippen molar-refractivity contribution in [3.8, 4) is 0 Å². The molecule has 1 saturated heterocycles. The fraction of sp³-hybridized carbons (Fsp3) is 0.929. The minimum atomic E-state index is -0.322. The Bertz CT molecular complexity index is 335. The van der Waals surface area contributed by atoms with Crippen LogP contribution in [0, 0.1) is 17.8 Å². The van der Waals surface area contributed by atoms with Crippen LogP contribution in [0.1, 0.15) is 25.7 Å². The maximum atomic E-state index is 12.6. The van der Waals surface area contributed by atoms with Crippen LogP contribution in [-0.2, 0) is 4.79 Å². The number of hydrogen-bond donors (Lipinski definition) is 1. The normalized spacial score (nSPS) is 42.4. The van der Waals surface area contributed by atoms with Crippen LogP contribution in [0.2, 0.25) is 0 Å². The maximum Gasteiger partial charge on any atom is 0.226 e. The van der Waals surface area contributed by atoms with E-state index < -0.39 is 0 Å². The van der Waals surface area contributed by atoms with Gasteiger partial charge in [-0.1, -0.05) is 6.42 Å². The molecule has 1 heterocycles. The van der Waals surface area contributed by atoms with Crippen LogP contribution < -0.4 is 0 Å². The molecule has 1 amide bonds. The number of amides is 1. The lowest BCUT2D eigenvalue weighted by Gasteiger charge is -2.27. The number of rotatable bonds is 3. The minimum absolute atomic E-state index is 0.212. The highest BCUT2D eigenvalue weighted by Crippen LogP contribution is 2.58. The van der Waals surface area contributed by atoms with Crippen molar-refractivity contribution >= 4 is 5.91 Å². The summed E-state index contributed by atoms with van der Waals surface area (Å²) in [6.07, 6.45) is 4.22. The monoisotopic (exact) mass is 252 g/mol. The van der Waals surface area contributed by atoms with E-state index in [1.807, 2.05) is 19.0 Å². The first-order chi connectivity index (χ1) is 8.58. The Morgan fingerprint density at radius 2 is 2.00 bits per heavy atom. The van der Waals surface area contributed by atoms with Crippen LogP contribution in [0.4, 0.5) is 0 Å². The van der Waals surface area contributed by atoms with Crippen molar-refractivity contribution in [2.45, 2.75) is 37.8 Å². The molecule has 3 aliphatic rings. The van der Waals surface area contributed by atoms with Crippen molar-refractivity contribution < 1.29 is 9.90 Å². The average Bonchev–Trinajstić information content (AvgIpc) is 2.66. The van der Waals surface area contributed by atoms with Gasteiger partial charge in [0, 0.05) is 25.0 Å². The Balaban J connectivity index is 1.64. The second-order valence-electron chi connectivity index (χ2n) is 6.58. The molecule has 3 rings (SSSR count). The Labute approximate surface area is 109 Å². The molecule has 2 saturated carbocycles. The maximum absolute atomic E-state index is 12.6. The van der Waals surface area contributed by atoms with Gasteiger partial charge in [-0.3, -0.25) is 4.79 Å². The van der Waals surface area contributed by atoms with Crippen molar-refractivity contribution in [3.05, 3.63) is 0 Å². The van der Waals surface area contributed by atoms with Crippen LogP contribution in [0.15, 0.2) is 0 Å². The summed E-state index contributed by atoms with van der Waals surface area (Å²) in [5.74, 6) is 1.98. The van der Waals surface area contributed by atoms with E-state index in [9.17, 15) is 9.90 Å². The van der Waals surface area contributed by atoms with Gasteiger partial charge < -0.3 is 14.9 Å². The minimum Gasteiger partial charge on any atom is -0.391 e. The zero-order valence-electron chi connectivity index (χ0n) is 11.4. The van der Waals surface area contributed by atoms with Gasteiger partial charge in [0.1, 0.15) is 0 Å². The number of nitrogens with zero attached hydrogens (tertiary/aromatic N) is 2. The van der Waals surface area contributed by atoms with E-state index in [-0.39, 0.29) is 12.1 Å². The van der Waals surface area contributed by atoms with E-state index in [2.05, 4.69) is 4.90 Å². The quantitative estimate of drug-likeness (QED) is 0.798. The fourth-order valence-electron chi connectivity index (χ4n) is 4.14. The fourth-order valence-corrected chi connectivity index (χ4v) is 4.14. The summed E-state index contributed by atoms with van der Waals surface area (Å²) in [5.41, 5.74) is 0. The van der Waals surface area contributed by atoms with Crippen LogP contribution >= 0.6 is 0 Å². The molecular weight excluding hydrogens is 228 g/mol. The molecular formula is C14H24N2O2. The van der Waals surface area contributed by atoms with E-state index >= 15 is 0 Å². The van der Waals surface area contributed by atoms with E-state index in [0.717, 1.165) is 13.0 Å². The van der Waals surface area contributed by atoms with Crippen molar-refractivity contribution in [2.75, 3.05) is 27.2 Å². The molecule has 0 aromatic rings. The Morgan fingerprint density at radius 1 is 1.33 bits per heavy atom. The first-order valence-electron chi connectivity index (χ1n) is 7.21. The molecule has 102 valence electrons. The van der Waals surface area contributed by atoms with Gasteiger partial charge in [0.25, 0.3) is 0 Å². The van der Waals surface area contributed by atoms with E-state index in [1.54, 1.807) is 0 Å². The molecule has 1 N–H and O–H groups in total. The lowest BCUT2D eigenvalue weighted by molar-refractivity contribution is -0.134. The number of aliphatic hydroxyl groups is 1. The number of β-amino-alcohol motifs (C(OH)–C–C–N with tert-alkyl or cyclic N) is 1. The molecule has 18 heavy (non-hydrogen) atoms. The molecule has 0 aromatic carbocycles. The van der Waals surface area contributed by atoms with Crippen LogP contribution in [0.3, 0.4) is 0 Å². The van der Waals surface area contributed by atoms with Gasteiger partial charge in [0.2, 0.25) is 5.91 Å². The standard InChI is InChI=1S/C14H24N2O2/c1-15(2)7-9-6-10(17)8-16(9)14(18)13-11-4-3-5-12(11)13/h9-13,17H,3-8H2,1-2H3. The SMILES string of the molecule is CN(C)CC1CC(O)CN1C(=O)C1C2CCCC21. The second-order valence-corrected chi connectivity index (χ2v) is 6.58. The van der Waals surface area contributed by atoms with Gasteiger partial charge in [0.05, 0.1) is 6.10 Å². The third-order valence-electron chi connectivity index (χ3n) is 4.94. The zero-order valence-corrected chi connectivity index (χ0v) is 11.4. The van der Waals surface area contributed by atoms with E-state index in [1.165, 1.54) is 19.3 Å². The van der Waals surface area contributed by atoms with Crippen molar-refractivity contribution in [3.63, 3.8) is 0 Å². The molecule has 0 radical (unpaired) electrons. The van der Waals surface area contributed by atoms with Gasteiger partial charge >= 0.3 is 0 Å². The van der Waals surface area contributed by atoms with E-state index in [0.29, 0.717) is 30.2 Å². The second kappa shape index (κ2) is 4.49. The third kappa shape index (κ3) is 2.05. The number of carbonyl (C=O) groups is 1. The zero-order chi connectivity index (χ0) is 12.9. The summed E-state index contributed by atoms with van der Waals surface area (Å²) < 4.78 is 0. The number of hydrogen-bond acceptors (Lipinski definition) is 3. The number of aliphatic hydroxyl groups excluding tert-OH is 1. The first-order valence-corrected chi connectivity index (χ1v) is 7.21. The molecule has 0 aromatic heterocycles. The summed E-state index contributed by atoms with van der Waals surface area (Å²) in [7, 11) is 4.05. The predicted octanol–water partition coefficient (Wildman–Crippen LogP) is 0.556. The number of likely N-dealkylation sites (N-methyl/N-ethyl adjacent to an activating group) is 1. The first kappa shape index (κ1) is 12.4. The van der Waals surface area contributed by atoms with Gasteiger partial charge in [-0.2, -0.15) is 0 Å². The number of carbonyl (C=O) groups excluding carboxylic acids is 1. The van der Waals surface area contributed by atoms with Gasteiger partial charge in [-0.15, -0.1) is 0 Å². The summed E-state index contributed by atoms with van der Waals surface area (Å²) in [6.45, 7) is 1.41. The molecule has 4 nitrogen and oxygen atoms in total. The number of fused-ring (bicyclic) bond motifs is 1. The largest absolute Gasteiger partial charge is 0.391 e. The van der Waals surface area contributed by atoms with Crippen LogP contribution in [-0.4, -0.2) is 60.1 Å². The molecule has 1 aliphatic heterocycles. The smallest absolute Gasteiger partial charge is 0.226 e. The molecule has 3 fully saturated rings. The topological polar surface area (TPSA) is 43.8 Å². The van der Waals surface area contributed by atoms with Crippen molar-refractivity contribution in [1.29, 1.82) is 0 Å². The molecule has 4 atom stereocenters. The molecule has 4 unspecified atom stereocenters. The van der Waals surface area contributed by atoms with Crippen molar-refractivity contribution in [1.82, 2.24) is 9.80 Å². The highest BCUT2D eigenvalue weighted by Gasteiger charge is 2.58.